The van der Waals surface area contributed by atoms with Gasteiger partial charge in [-0.2, -0.15) is 0 Å². The standard InChI is InChI=1S/C26H26FN5O3S/c27-18-16-17-22(33)21(25(34)28-8-11-30-9-4-1-5-10-30)26-32(19-6-2-3-7-20(19)36-26)23(17)29-24(18)31-12-14-35-15-13-31/h1-4,6-7,16H,5,8-15H2,(H,28,34). The summed E-state index contributed by atoms with van der Waals surface area (Å²) in [5.74, 6) is -0.830. The van der Waals surface area contributed by atoms with Crippen LogP contribution < -0.4 is 15.6 Å². The zero-order chi connectivity index (χ0) is 24.6. The third kappa shape index (κ3) is 4.04. The number of hydrogen-bond acceptors (Lipinski definition) is 7. The van der Waals surface area contributed by atoms with Gasteiger partial charge in [-0.15, -0.1) is 11.3 Å². The van der Waals surface area contributed by atoms with Gasteiger partial charge in [0.1, 0.15) is 10.4 Å². The lowest BCUT2D eigenvalue weighted by Crippen LogP contribution is -2.38. The molecule has 6 rings (SSSR count). The van der Waals surface area contributed by atoms with Crippen LogP contribution in [-0.4, -0.2) is 72.7 Å². The average molecular weight is 508 g/mol. The predicted octanol–water partition coefficient (Wildman–Crippen LogP) is 3.03. The highest BCUT2D eigenvalue weighted by molar-refractivity contribution is 7.24. The molecular weight excluding hydrogens is 481 g/mol. The molecule has 1 fully saturated rings. The van der Waals surface area contributed by atoms with Crippen LogP contribution in [0.25, 0.3) is 26.1 Å². The van der Waals surface area contributed by atoms with Gasteiger partial charge in [0.2, 0.25) is 5.43 Å². The number of fused-ring (bicyclic) bond motifs is 5. The Morgan fingerprint density at radius 2 is 2.00 bits per heavy atom. The number of anilines is 1. The SMILES string of the molecule is O=C(NCCN1CC=CCC1)c1c(=O)c2cc(F)c(N3CCOCC3)nc2n2c1sc1ccccc12. The number of pyridine rings is 2. The van der Waals surface area contributed by atoms with E-state index in [1.807, 2.05) is 33.6 Å². The number of hydrogen-bond donors (Lipinski definition) is 1. The molecule has 186 valence electrons. The number of benzene rings is 1. The van der Waals surface area contributed by atoms with Crippen LogP contribution >= 0.6 is 11.3 Å². The molecule has 1 amide bonds. The van der Waals surface area contributed by atoms with E-state index >= 15 is 4.39 Å². The second kappa shape index (κ2) is 9.61. The van der Waals surface area contributed by atoms with Crippen LogP contribution in [-0.2, 0) is 4.74 Å². The van der Waals surface area contributed by atoms with Gasteiger partial charge in [-0.1, -0.05) is 24.3 Å². The number of para-hydroxylation sites is 1. The Morgan fingerprint density at radius 3 is 2.81 bits per heavy atom. The molecule has 0 spiro atoms. The lowest BCUT2D eigenvalue weighted by molar-refractivity contribution is 0.0949. The molecule has 10 heteroatoms. The number of rotatable bonds is 5. The third-order valence-corrected chi connectivity index (χ3v) is 7.89. The van der Waals surface area contributed by atoms with Crippen molar-refractivity contribution in [1.29, 1.82) is 0 Å². The quantitative estimate of drug-likeness (QED) is 0.419. The Balaban J connectivity index is 1.47. The van der Waals surface area contributed by atoms with Gasteiger partial charge < -0.3 is 15.0 Å². The first-order valence-electron chi connectivity index (χ1n) is 12.2. The minimum atomic E-state index is -0.578. The summed E-state index contributed by atoms with van der Waals surface area (Å²) in [5.41, 5.74) is 0.702. The summed E-state index contributed by atoms with van der Waals surface area (Å²) < 4.78 is 23.4. The lowest BCUT2D eigenvalue weighted by atomic mass is 10.1. The summed E-state index contributed by atoms with van der Waals surface area (Å²) in [4.78, 5) is 36.2. The zero-order valence-electron chi connectivity index (χ0n) is 19.7. The van der Waals surface area contributed by atoms with Crippen LogP contribution in [0.5, 0.6) is 0 Å². The van der Waals surface area contributed by atoms with Crippen molar-refractivity contribution in [2.24, 2.45) is 0 Å². The van der Waals surface area contributed by atoms with Crippen LogP contribution in [0.3, 0.4) is 0 Å². The molecule has 5 heterocycles. The molecule has 1 saturated heterocycles. The van der Waals surface area contributed by atoms with Gasteiger partial charge in [0.25, 0.3) is 5.91 Å². The first-order chi connectivity index (χ1) is 17.6. The zero-order valence-corrected chi connectivity index (χ0v) is 20.5. The number of aromatic nitrogens is 2. The molecule has 1 aromatic carbocycles. The van der Waals surface area contributed by atoms with Crippen molar-refractivity contribution in [2.75, 3.05) is 57.4 Å². The summed E-state index contributed by atoms with van der Waals surface area (Å²) in [5, 5.41) is 3.01. The first kappa shape index (κ1) is 23.1. The number of thiazole rings is 1. The maximum absolute atomic E-state index is 15.3. The third-order valence-electron chi connectivity index (χ3n) is 6.74. The number of halogens is 1. The lowest BCUT2D eigenvalue weighted by Gasteiger charge is -2.28. The van der Waals surface area contributed by atoms with Gasteiger partial charge in [-0.05, 0) is 24.6 Å². The van der Waals surface area contributed by atoms with Gasteiger partial charge in [0, 0.05) is 39.3 Å². The molecule has 0 atom stereocenters. The van der Waals surface area contributed by atoms with Crippen LogP contribution in [0.2, 0.25) is 0 Å². The Hall–Kier alpha value is -3.34. The van der Waals surface area contributed by atoms with Gasteiger partial charge in [-0.3, -0.25) is 18.9 Å². The number of amides is 1. The second-order valence-corrected chi connectivity index (χ2v) is 10.0. The van der Waals surface area contributed by atoms with E-state index < -0.39 is 17.2 Å². The van der Waals surface area contributed by atoms with E-state index in [0.29, 0.717) is 49.9 Å². The molecule has 4 aromatic rings. The summed E-state index contributed by atoms with van der Waals surface area (Å²) in [6.45, 7) is 4.93. The number of nitrogens with zero attached hydrogens (tertiary/aromatic N) is 4. The fraction of sp³-hybridized carbons (Fsp3) is 0.346. The minimum Gasteiger partial charge on any atom is -0.378 e. The van der Waals surface area contributed by atoms with E-state index in [-0.39, 0.29) is 16.8 Å². The highest BCUT2D eigenvalue weighted by Crippen LogP contribution is 2.32. The van der Waals surface area contributed by atoms with E-state index in [0.717, 1.165) is 29.7 Å². The largest absolute Gasteiger partial charge is 0.378 e. The van der Waals surface area contributed by atoms with Crippen LogP contribution in [0, 0.1) is 5.82 Å². The molecule has 36 heavy (non-hydrogen) atoms. The molecule has 1 N–H and O–H groups in total. The number of ether oxygens (including phenoxy) is 1. The maximum atomic E-state index is 15.3. The van der Waals surface area contributed by atoms with Crippen LogP contribution in [0.4, 0.5) is 10.2 Å². The number of nitrogens with one attached hydrogen (secondary N) is 1. The van der Waals surface area contributed by atoms with Crippen molar-refractivity contribution in [2.45, 2.75) is 6.42 Å². The molecule has 0 radical (unpaired) electrons. The van der Waals surface area contributed by atoms with Crippen LogP contribution in [0.15, 0.2) is 47.3 Å². The van der Waals surface area contributed by atoms with Gasteiger partial charge in [0.05, 0.1) is 28.8 Å². The summed E-state index contributed by atoms with van der Waals surface area (Å²) >= 11 is 1.37. The molecule has 2 aliphatic rings. The normalized spacial score (nSPS) is 16.9. The molecule has 0 aliphatic carbocycles. The smallest absolute Gasteiger partial charge is 0.258 e. The van der Waals surface area contributed by atoms with Crippen molar-refractivity contribution < 1.29 is 13.9 Å². The van der Waals surface area contributed by atoms with E-state index in [1.165, 1.54) is 17.4 Å². The van der Waals surface area contributed by atoms with Crippen molar-refractivity contribution in [3.8, 4) is 0 Å². The number of morpholine rings is 1. The average Bonchev–Trinajstić information content (AvgIpc) is 3.29. The maximum Gasteiger partial charge on any atom is 0.258 e. The second-order valence-electron chi connectivity index (χ2n) is 9.00. The highest BCUT2D eigenvalue weighted by Gasteiger charge is 2.25. The monoisotopic (exact) mass is 507 g/mol. The topological polar surface area (TPSA) is 79.2 Å². The molecule has 2 aliphatic heterocycles. The Kier molecular flexibility index (Phi) is 6.16. The van der Waals surface area contributed by atoms with E-state index in [2.05, 4.69) is 27.4 Å². The molecule has 8 nitrogen and oxygen atoms in total. The number of carbonyl (C=O) groups is 1. The molecule has 0 saturated carbocycles. The van der Waals surface area contributed by atoms with Crippen molar-refractivity contribution in [3.63, 3.8) is 0 Å². The number of carbonyl (C=O) groups excluding carboxylic acids is 1. The summed E-state index contributed by atoms with van der Waals surface area (Å²) in [6, 6.07) is 8.91. The molecule has 0 bridgehead atoms. The van der Waals surface area contributed by atoms with E-state index in [1.54, 1.807) is 0 Å². The van der Waals surface area contributed by atoms with Crippen molar-refractivity contribution in [1.82, 2.24) is 19.6 Å². The summed E-state index contributed by atoms with van der Waals surface area (Å²) in [7, 11) is 0. The van der Waals surface area contributed by atoms with Crippen molar-refractivity contribution in [3.05, 3.63) is 64.1 Å². The minimum absolute atomic E-state index is 0.0302. The fourth-order valence-electron chi connectivity index (χ4n) is 4.91. The highest BCUT2D eigenvalue weighted by atomic mass is 32.1. The predicted molar refractivity (Wildman–Crippen MR) is 140 cm³/mol. The Labute approximate surface area is 210 Å². The fourth-order valence-corrected chi connectivity index (χ4v) is 6.09. The van der Waals surface area contributed by atoms with E-state index in [4.69, 9.17) is 4.74 Å². The Morgan fingerprint density at radius 1 is 1.17 bits per heavy atom. The van der Waals surface area contributed by atoms with E-state index in [9.17, 15) is 9.59 Å². The van der Waals surface area contributed by atoms with Crippen LogP contribution in [0.1, 0.15) is 16.8 Å². The van der Waals surface area contributed by atoms with Gasteiger partial charge in [-0.25, -0.2) is 9.37 Å². The first-order valence-corrected chi connectivity index (χ1v) is 13.0. The molecular formula is C26H26FN5O3S. The molecule has 3 aromatic heterocycles. The van der Waals surface area contributed by atoms with Gasteiger partial charge >= 0.3 is 0 Å². The summed E-state index contributed by atoms with van der Waals surface area (Å²) in [6.07, 6.45) is 5.27. The Bertz CT molecular complexity index is 1560. The van der Waals surface area contributed by atoms with Gasteiger partial charge in [0.15, 0.2) is 17.3 Å². The van der Waals surface area contributed by atoms with Crippen molar-refractivity contribution >= 4 is 49.1 Å². The molecule has 0 unspecified atom stereocenters.